The highest BCUT2D eigenvalue weighted by atomic mass is 16.2. The first-order chi connectivity index (χ1) is 13.4. The summed E-state index contributed by atoms with van der Waals surface area (Å²) in [7, 11) is 0. The second kappa shape index (κ2) is 8.38. The van der Waals surface area contributed by atoms with E-state index in [0.29, 0.717) is 18.5 Å². The summed E-state index contributed by atoms with van der Waals surface area (Å²) in [5.74, 6) is -0.703. The summed E-state index contributed by atoms with van der Waals surface area (Å²) in [5, 5.41) is 0. The van der Waals surface area contributed by atoms with Gasteiger partial charge in [-0.15, -0.1) is 0 Å². The van der Waals surface area contributed by atoms with Gasteiger partial charge in [0.1, 0.15) is 6.04 Å². The van der Waals surface area contributed by atoms with E-state index in [9.17, 15) is 14.4 Å². The van der Waals surface area contributed by atoms with Gasteiger partial charge >= 0.3 is 0 Å². The van der Waals surface area contributed by atoms with Crippen molar-refractivity contribution in [3.05, 3.63) is 65.7 Å². The lowest BCUT2D eigenvalue weighted by molar-refractivity contribution is -0.141. The van der Waals surface area contributed by atoms with Crippen molar-refractivity contribution >= 4 is 23.4 Å². The van der Waals surface area contributed by atoms with Gasteiger partial charge in [-0.3, -0.25) is 14.4 Å². The van der Waals surface area contributed by atoms with E-state index in [-0.39, 0.29) is 30.2 Å². The number of nitrogens with zero attached hydrogens (tertiary/aromatic N) is 2. The topological polar surface area (TPSA) is 57.7 Å². The largest absolute Gasteiger partial charge is 0.323 e. The average molecular weight is 378 g/mol. The van der Waals surface area contributed by atoms with Crippen LogP contribution in [0.15, 0.2) is 54.6 Å². The number of rotatable bonds is 6. The van der Waals surface area contributed by atoms with Crippen molar-refractivity contribution in [1.29, 1.82) is 0 Å². The molecule has 0 saturated carbocycles. The summed E-state index contributed by atoms with van der Waals surface area (Å²) < 4.78 is 0. The zero-order chi connectivity index (χ0) is 20.3. The minimum absolute atomic E-state index is 0.0132. The van der Waals surface area contributed by atoms with Crippen molar-refractivity contribution in [1.82, 2.24) is 4.90 Å². The molecule has 1 aliphatic heterocycles. The molecule has 3 amide bonds. The highest BCUT2D eigenvalue weighted by Crippen LogP contribution is 2.31. The van der Waals surface area contributed by atoms with Gasteiger partial charge in [0.2, 0.25) is 11.8 Å². The van der Waals surface area contributed by atoms with Crippen LogP contribution in [0.5, 0.6) is 0 Å². The van der Waals surface area contributed by atoms with Crippen molar-refractivity contribution in [3.63, 3.8) is 0 Å². The van der Waals surface area contributed by atoms with Gasteiger partial charge in [-0.2, -0.15) is 0 Å². The summed E-state index contributed by atoms with van der Waals surface area (Å²) in [6.45, 7) is 5.80. The van der Waals surface area contributed by atoms with Gasteiger partial charge < -0.3 is 4.90 Å². The summed E-state index contributed by atoms with van der Waals surface area (Å²) >= 11 is 0. The molecule has 2 atom stereocenters. The zero-order valence-corrected chi connectivity index (χ0v) is 16.6. The fourth-order valence-corrected chi connectivity index (χ4v) is 3.69. The molecule has 0 spiro atoms. The SMILES string of the molecule is CCCC(=O)N(C1CC(=O)N(c2ccc(C)cc2)C1=O)C(C)c1ccccc1. The normalized spacial score (nSPS) is 17.7. The second-order valence-corrected chi connectivity index (χ2v) is 7.26. The maximum atomic E-state index is 13.2. The Balaban J connectivity index is 1.94. The van der Waals surface area contributed by atoms with Crippen molar-refractivity contribution in [2.45, 2.75) is 52.1 Å². The first-order valence-corrected chi connectivity index (χ1v) is 9.73. The maximum absolute atomic E-state index is 13.2. The van der Waals surface area contributed by atoms with Crippen molar-refractivity contribution in [2.75, 3.05) is 4.90 Å². The standard InChI is InChI=1S/C23H26N2O3/c1-4-8-21(26)24(17(3)18-9-6-5-7-10-18)20-15-22(27)25(23(20)28)19-13-11-16(2)12-14-19/h5-7,9-14,17,20H,4,8,15H2,1-3H3. The van der Waals surface area contributed by atoms with E-state index in [2.05, 4.69) is 0 Å². The number of aryl methyl sites for hydroxylation is 1. The minimum Gasteiger partial charge on any atom is -0.323 e. The lowest BCUT2D eigenvalue weighted by atomic mass is 10.0. The smallest absolute Gasteiger partial charge is 0.257 e. The lowest BCUT2D eigenvalue weighted by Gasteiger charge is -2.33. The van der Waals surface area contributed by atoms with Crippen LogP contribution in [0.3, 0.4) is 0 Å². The minimum atomic E-state index is -0.775. The quantitative estimate of drug-likeness (QED) is 0.714. The number of carbonyl (C=O) groups excluding carboxylic acids is 3. The zero-order valence-electron chi connectivity index (χ0n) is 16.6. The van der Waals surface area contributed by atoms with Gasteiger partial charge in [0.05, 0.1) is 18.2 Å². The highest BCUT2D eigenvalue weighted by Gasteiger charge is 2.45. The molecular weight excluding hydrogens is 352 g/mol. The van der Waals surface area contributed by atoms with Gasteiger partial charge in [-0.25, -0.2) is 4.90 Å². The Morgan fingerprint density at radius 2 is 1.75 bits per heavy atom. The summed E-state index contributed by atoms with van der Waals surface area (Å²) in [6.07, 6.45) is 1.05. The number of amides is 3. The van der Waals surface area contributed by atoms with Gasteiger partial charge in [0, 0.05) is 6.42 Å². The van der Waals surface area contributed by atoms with Crippen LogP contribution >= 0.6 is 0 Å². The van der Waals surface area contributed by atoms with Crippen molar-refractivity contribution in [3.8, 4) is 0 Å². The predicted octanol–water partition coefficient (Wildman–Crippen LogP) is 4.02. The first-order valence-electron chi connectivity index (χ1n) is 9.73. The van der Waals surface area contributed by atoms with Crippen molar-refractivity contribution < 1.29 is 14.4 Å². The molecule has 1 aliphatic rings. The molecule has 3 rings (SSSR count). The van der Waals surface area contributed by atoms with Crippen LogP contribution in [0.4, 0.5) is 5.69 Å². The molecule has 0 aliphatic carbocycles. The molecular formula is C23H26N2O3. The summed E-state index contributed by atoms with van der Waals surface area (Å²) in [6, 6.07) is 15.8. The molecule has 5 nitrogen and oxygen atoms in total. The molecule has 5 heteroatoms. The Morgan fingerprint density at radius 3 is 2.36 bits per heavy atom. The Bertz CT molecular complexity index is 861. The Labute approximate surface area is 166 Å². The van der Waals surface area contributed by atoms with E-state index in [1.807, 2.05) is 63.2 Å². The molecule has 0 N–H and O–H groups in total. The lowest BCUT2D eigenvalue weighted by Crippen LogP contribution is -2.46. The van der Waals surface area contributed by atoms with Crippen LogP contribution in [0, 0.1) is 6.92 Å². The fourth-order valence-electron chi connectivity index (χ4n) is 3.69. The van der Waals surface area contributed by atoms with Crippen LogP contribution in [-0.4, -0.2) is 28.7 Å². The molecule has 146 valence electrons. The van der Waals surface area contributed by atoms with Crippen LogP contribution in [-0.2, 0) is 14.4 Å². The number of anilines is 1. The molecule has 1 fully saturated rings. The van der Waals surface area contributed by atoms with E-state index >= 15 is 0 Å². The Morgan fingerprint density at radius 1 is 1.11 bits per heavy atom. The molecule has 0 bridgehead atoms. The van der Waals surface area contributed by atoms with E-state index in [4.69, 9.17) is 0 Å². The second-order valence-electron chi connectivity index (χ2n) is 7.26. The molecule has 0 radical (unpaired) electrons. The van der Waals surface area contributed by atoms with Gasteiger partial charge in [-0.05, 0) is 38.0 Å². The Kier molecular flexibility index (Phi) is 5.93. The van der Waals surface area contributed by atoms with Gasteiger partial charge in [-0.1, -0.05) is 55.0 Å². The van der Waals surface area contributed by atoms with Gasteiger partial charge in [0.25, 0.3) is 5.91 Å². The molecule has 2 unspecified atom stereocenters. The average Bonchev–Trinajstić information content (AvgIpc) is 2.98. The van der Waals surface area contributed by atoms with Crippen LogP contribution < -0.4 is 4.90 Å². The molecule has 0 aromatic heterocycles. The summed E-state index contributed by atoms with van der Waals surface area (Å²) in [5.41, 5.74) is 2.55. The van der Waals surface area contributed by atoms with Crippen LogP contribution in [0.25, 0.3) is 0 Å². The van der Waals surface area contributed by atoms with Crippen LogP contribution in [0.1, 0.15) is 50.3 Å². The third-order valence-electron chi connectivity index (χ3n) is 5.20. The summed E-state index contributed by atoms with van der Waals surface area (Å²) in [4.78, 5) is 41.6. The molecule has 1 saturated heterocycles. The Hall–Kier alpha value is -2.95. The van der Waals surface area contributed by atoms with Gasteiger partial charge in [0.15, 0.2) is 0 Å². The third-order valence-corrected chi connectivity index (χ3v) is 5.20. The highest BCUT2D eigenvalue weighted by molar-refractivity contribution is 6.23. The van der Waals surface area contributed by atoms with E-state index in [1.54, 1.807) is 17.0 Å². The monoisotopic (exact) mass is 378 g/mol. The number of imide groups is 1. The number of hydrogen-bond donors (Lipinski definition) is 0. The molecule has 1 heterocycles. The molecule has 28 heavy (non-hydrogen) atoms. The third kappa shape index (κ3) is 3.84. The van der Waals surface area contributed by atoms with Crippen LogP contribution in [0.2, 0.25) is 0 Å². The fraction of sp³-hybridized carbons (Fsp3) is 0.348. The number of carbonyl (C=O) groups is 3. The van der Waals surface area contributed by atoms with E-state index in [1.165, 1.54) is 4.90 Å². The first kappa shape index (κ1) is 19.8. The van der Waals surface area contributed by atoms with E-state index < -0.39 is 6.04 Å². The van der Waals surface area contributed by atoms with E-state index in [0.717, 1.165) is 11.1 Å². The maximum Gasteiger partial charge on any atom is 0.257 e. The number of benzene rings is 2. The molecule has 2 aromatic rings. The van der Waals surface area contributed by atoms with Crippen molar-refractivity contribution in [2.24, 2.45) is 0 Å². The predicted molar refractivity (Wildman–Crippen MR) is 109 cm³/mol. The number of hydrogen-bond acceptors (Lipinski definition) is 3. The molecule has 2 aromatic carbocycles.